The Balaban J connectivity index is 2.77. The van der Waals surface area contributed by atoms with E-state index in [1.165, 1.54) is 0 Å². The van der Waals surface area contributed by atoms with Gasteiger partial charge in [-0.15, -0.1) is 0 Å². The minimum absolute atomic E-state index is 0.262. The summed E-state index contributed by atoms with van der Waals surface area (Å²) in [7, 11) is -0.385. The molecule has 0 saturated heterocycles. The summed E-state index contributed by atoms with van der Waals surface area (Å²) in [6.45, 7) is 1.75. The average Bonchev–Trinajstić information content (AvgIpc) is 2.31. The topological polar surface area (TPSA) is 92.8 Å². The van der Waals surface area contributed by atoms with Gasteiger partial charge >= 0.3 is 13.7 Å². The first-order chi connectivity index (χ1) is 8.01. The first-order valence-corrected chi connectivity index (χ1v) is 5.36. The van der Waals surface area contributed by atoms with Gasteiger partial charge in [0.05, 0.1) is 0 Å². The van der Waals surface area contributed by atoms with Gasteiger partial charge in [0.1, 0.15) is 11.3 Å². The SMILES string of the molecule is CC[C@](N)(Cc1ccc(OBO)cc1)C(=O)O. The molecule has 1 aromatic carbocycles. The fourth-order valence-electron chi connectivity index (χ4n) is 1.49. The van der Waals surface area contributed by atoms with E-state index in [1.807, 2.05) is 0 Å². The summed E-state index contributed by atoms with van der Waals surface area (Å²) in [4.78, 5) is 11.0. The van der Waals surface area contributed by atoms with E-state index in [9.17, 15) is 4.79 Å². The molecule has 0 amide bonds. The summed E-state index contributed by atoms with van der Waals surface area (Å²) in [5.74, 6) is -0.471. The number of carbonyl (C=O) groups is 1. The van der Waals surface area contributed by atoms with Crippen LogP contribution < -0.4 is 10.4 Å². The molecular weight excluding hydrogens is 221 g/mol. The van der Waals surface area contributed by atoms with Crippen LogP contribution in [-0.2, 0) is 11.2 Å². The van der Waals surface area contributed by atoms with Crippen molar-refractivity contribution in [1.29, 1.82) is 0 Å². The van der Waals surface area contributed by atoms with Crippen LogP contribution in [-0.4, -0.2) is 29.3 Å². The van der Waals surface area contributed by atoms with Crippen molar-refractivity contribution in [1.82, 2.24) is 0 Å². The largest absolute Gasteiger partial charge is 0.539 e. The van der Waals surface area contributed by atoms with Gasteiger partial charge in [0.25, 0.3) is 0 Å². The van der Waals surface area contributed by atoms with Gasteiger partial charge in [-0.2, -0.15) is 0 Å². The normalized spacial score (nSPS) is 13.8. The molecule has 0 aromatic heterocycles. The number of carboxylic acid groups (broad SMARTS) is 1. The molecule has 4 N–H and O–H groups in total. The monoisotopic (exact) mass is 237 g/mol. The number of hydrogen-bond acceptors (Lipinski definition) is 4. The van der Waals surface area contributed by atoms with Crippen LogP contribution in [0.3, 0.4) is 0 Å². The zero-order valence-electron chi connectivity index (χ0n) is 9.72. The summed E-state index contributed by atoms with van der Waals surface area (Å²) in [6, 6.07) is 6.82. The summed E-state index contributed by atoms with van der Waals surface area (Å²) < 4.78 is 4.87. The quantitative estimate of drug-likeness (QED) is 0.608. The second-order valence-electron chi connectivity index (χ2n) is 3.91. The Morgan fingerprint density at radius 2 is 2.06 bits per heavy atom. The molecule has 5 nitrogen and oxygen atoms in total. The van der Waals surface area contributed by atoms with Crippen molar-refractivity contribution in [2.75, 3.05) is 0 Å². The maximum atomic E-state index is 11.0. The van der Waals surface area contributed by atoms with Gasteiger partial charge in [0.2, 0.25) is 0 Å². The molecule has 0 aliphatic rings. The maximum absolute atomic E-state index is 11.0. The Labute approximate surface area is 101 Å². The van der Waals surface area contributed by atoms with Crippen LogP contribution in [0, 0.1) is 0 Å². The first-order valence-electron chi connectivity index (χ1n) is 5.36. The fourth-order valence-corrected chi connectivity index (χ4v) is 1.49. The Morgan fingerprint density at radius 3 is 2.47 bits per heavy atom. The highest BCUT2D eigenvalue weighted by molar-refractivity contribution is 6.17. The molecule has 1 rings (SSSR count). The predicted molar refractivity (Wildman–Crippen MR) is 65.0 cm³/mol. The van der Waals surface area contributed by atoms with Crippen LogP contribution in [0.4, 0.5) is 0 Å². The van der Waals surface area contributed by atoms with Crippen molar-refractivity contribution in [3.05, 3.63) is 29.8 Å². The summed E-state index contributed by atoms with van der Waals surface area (Å²) in [6.07, 6.45) is 0.620. The van der Waals surface area contributed by atoms with Crippen molar-refractivity contribution in [2.45, 2.75) is 25.3 Å². The second-order valence-corrected chi connectivity index (χ2v) is 3.91. The third kappa shape index (κ3) is 3.47. The van der Waals surface area contributed by atoms with E-state index in [4.69, 9.17) is 20.5 Å². The zero-order chi connectivity index (χ0) is 12.9. The predicted octanol–water partition coefficient (Wildman–Crippen LogP) is 0.0588. The molecule has 1 aromatic rings. The molecule has 17 heavy (non-hydrogen) atoms. The van der Waals surface area contributed by atoms with E-state index in [0.717, 1.165) is 5.56 Å². The highest BCUT2D eigenvalue weighted by Crippen LogP contribution is 2.18. The lowest BCUT2D eigenvalue weighted by Gasteiger charge is -2.22. The van der Waals surface area contributed by atoms with Crippen LogP contribution in [0.5, 0.6) is 5.75 Å². The van der Waals surface area contributed by atoms with Gasteiger partial charge in [-0.1, -0.05) is 19.1 Å². The Hall–Kier alpha value is -1.53. The molecule has 0 unspecified atom stereocenters. The third-order valence-electron chi connectivity index (χ3n) is 2.73. The van der Waals surface area contributed by atoms with Crippen molar-refractivity contribution in [3.63, 3.8) is 0 Å². The number of hydrogen-bond donors (Lipinski definition) is 3. The average molecular weight is 237 g/mol. The number of aliphatic carboxylic acids is 1. The van der Waals surface area contributed by atoms with Crippen LogP contribution in [0.15, 0.2) is 24.3 Å². The van der Waals surface area contributed by atoms with Gasteiger partial charge in [-0.05, 0) is 24.1 Å². The molecule has 0 fully saturated rings. The van der Waals surface area contributed by atoms with Crippen LogP contribution in [0.1, 0.15) is 18.9 Å². The van der Waals surface area contributed by atoms with Gasteiger partial charge in [0, 0.05) is 6.42 Å². The fraction of sp³-hybridized carbons (Fsp3) is 0.364. The standard InChI is InChI=1S/C11H16BNO4/c1-2-11(13,10(14)15)7-8-3-5-9(6-4-8)17-12-16/h3-6,12,16H,2,7,13H2,1H3,(H,14,15)/t11-/m0/s1. The van der Waals surface area contributed by atoms with Gasteiger partial charge in [-0.3, -0.25) is 4.79 Å². The highest BCUT2D eigenvalue weighted by Gasteiger charge is 2.31. The Kier molecular flexibility index (Phi) is 4.54. The lowest BCUT2D eigenvalue weighted by molar-refractivity contribution is -0.143. The maximum Gasteiger partial charge on any atom is 0.504 e. The summed E-state index contributed by atoms with van der Waals surface area (Å²) in [5, 5.41) is 17.6. The Morgan fingerprint density at radius 1 is 1.47 bits per heavy atom. The van der Waals surface area contributed by atoms with E-state index in [1.54, 1.807) is 31.2 Å². The van der Waals surface area contributed by atoms with E-state index < -0.39 is 11.5 Å². The van der Waals surface area contributed by atoms with E-state index in [2.05, 4.69) is 0 Å². The molecule has 0 aliphatic carbocycles. The van der Waals surface area contributed by atoms with Crippen molar-refractivity contribution >= 4 is 13.7 Å². The number of benzene rings is 1. The van der Waals surface area contributed by atoms with Crippen molar-refractivity contribution < 1.29 is 19.6 Å². The lowest BCUT2D eigenvalue weighted by atomic mass is 9.89. The molecule has 1 atom stereocenters. The third-order valence-corrected chi connectivity index (χ3v) is 2.73. The molecule has 92 valence electrons. The molecule has 0 heterocycles. The van der Waals surface area contributed by atoms with Crippen molar-refractivity contribution in [2.24, 2.45) is 5.73 Å². The molecule has 6 heteroatoms. The smallest absolute Gasteiger partial charge is 0.504 e. The molecule has 0 bridgehead atoms. The minimum atomic E-state index is -1.24. The van der Waals surface area contributed by atoms with Crippen molar-refractivity contribution in [3.8, 4) is 5.75 Å². The van der Waals surface area contributed by atoms with Crippen LogP contribution in [0.2, 0.25) is 0 Å². The first kappa shape index (κ1) is 13.5. The number of rotatable bonds is 6. The Bertz CT molecular complexity index is 382. The molecule has 0 aliphatic heterocycles. The molecular formula is C11H16BNO4. The van der Waals surface area contributed by atoms with E-state index >= 15 is 0 Å². The summed E-state index contributed by atoms with van der Waals surface area (Å²) >= 11 is 0. The summed E-state index contributed by atoms with van der Waals surface area (Å²) in [5.41, 5.74) is 5.38. The van der Waals surface area contributed by atoms with Gasteiger partial charge in [-0.25, -0.2) is 0 Å². The molecule has 0 spiro atoms. The molecule has 0 radical (unpaired) electrons. The molecule has 0 saturated carbocycles. The van der Waals surface area contributed by atoms with Crippen LogP contribution >= 0.6 is 0 Å². The van der Waals surface area contributed by atoms with Gasteiger partial charge < -0.3 is 20.5 Å². The van der Waals surface area contributed by atoms with Crippen LogP contribution in [0.25, 0.3) is 0 Å². The number of nitrogens with two attached hydrogens (primary N) is 1. The number of carboxylic acids is 1. The van der Waals surface area contributed by atoms with E-state index in [-0.39, 0.29) is 14.1 Å². The van der Waals surface area contributed by atoms with Gasteiger partial charge in [0.15, 0.2) is 0 Å². The highest BCUT2D eigenvalue weighted by atomic mass is 16.5. The van der Waals surface area contributed by atoms with E-state index in [0.29, 0.717) is 12.2 Å². The minimum Gasteiger partial charge on any atom is -0.539 e. The zero-order valence-corrected chi connectivity index (χ0v) is 9.72. The lowest BCUT2D eigenvalue weighted by Crippen LogP contribution is -2.49. The second kappa shape index (κ2) is 5.70.